The van der Waals surface area contributed by atoms with E-state index in [4.69, 9.17) is 4.74 Å². The predicted molar refractivity (Wildman–Crippen MR) is 122 cm³/mol. The zero-order valence-electron chi connectivity index (χ0n) is 18.2. The predicted octanol–water partition coefficient (Wildman–Crippen LogP) is 3.12. The van der Waals surface area contributed by atoms with E-state index >= 15 is 0 Å². The van der Waals surface area contributed by atoms with Crippen molar-refractivity contribution in [2.75, 3.05) is 30.8 Å². The van der Waals surface area contributed by atoms with Gasteiger partial charge in [-0.05, 0) is 68.5 Å². The SMILES string of the molecule is COc1ccccc1NC(=O)c1ccc(NC(=O)C[NH+]2CCC[C@H]3CCCC[C@@H]32)cc1. The molecule has 31 heavy (non-hydrogen) atoms. The van der Waals surface area contributed by atoms with Crippen molar-refractivity contribution in [3.63, 3.8) is 0 Å². The number of fused-ring (bicyclic) bond motifs is 1. The van der Waals surface area contributed by atoms with Crippen molar-refractivity contribution in [1.29, 1.82) is 0 Å². The van der Waals surface area contributed by atoms with Crippen LogP contribution in [-0.4, -0.2) is 38.1 Å². The molecule has 6 heteroatoms. The summed E-state index contributed by atoms with van der Waals surface area (Å²) in [5.74, 6) is 1.24. The van der Waals surface area contributed by atoms with Gasteiger partial charge in [-0.15, -0.1) is 0 Å². The third kappa shape index (κ3) is 5.25. The van der Waals surface area contributed by atoms with Crippen molar-refractivity contribution < 1.29 is 19.2 Å². The number of amides is 2. The van der Waals surface area contributed by atoms with Crippen molar-refractivity contribution in [1.82, 2.24) is 0 Å². The van der Waals surface area contributed by atoms with Gasteiger partial charge in [-0.1, -0.05) is 18.6 Å². The molecule has 2 aliphatic rings. The number of hydrogen-bond donors (Lipinski definition) is 3. The molecule has 0 aromatic heterocycles. The van der Waals surface area contributed by atoms with E-state index in [1.165, 1.54) is 43.4 Å². The lowest BCUT2D eigenvalue weighted by Crippen LogP contribution is -3.18. The Morgan fingerprint density at radius 2 is 1.71 bits per heavy atom. The first-order valence-electron chi connectivity index (χ1n) is 11.3. The van der Waals surface area contributed by atoms with E-state index < -0.39 is 0 Å². The number of quaternary nitrogens is 1. The number of benzene rings is 2. The van der Waals surface area contributed by atoms with Crippen LogP contribution in [0.25, 0.3) is 0 Å². The standard InChI is InChI=1S/C25H31N3O3/c1-31-23-11-5-3-9-21(23)27-25(30)19-12-14-20(15-13-19)26-24(29)17-28-16-6-8-18-7-2-4-10-22(18)28/h3,5,9,11-15,18,22H,2,4,6-8,10,16-17H2,1H3,(H,26,29)(H,27,30)/p+1/t18-,22+/m1/s1. The monoisotopic (exact) mass is 422 g/mol. The van der Waals surface area contributed by atoms with Crippen LogP contribution in [0.5, 0.6) is 5.75 Å². The number of nitrogens with one attached hydrogen (secondary N) is 3. The molecule has 164 valence electrons. The molecule has 2 fully saturated rings. The molecule has 4 rings (SSSR count). The molecule has 2 aromatic rings. The van der Waals surface area contributed by atoms with Crippen LogP contribution in [0.15, 0.2) is 48.5 Å². The summed E-state index contributed by atoms with van der Waals surface area (Å²) in [6.45, 7) is 1.62. The number of hydrogen-bond acceptors (Lipinski definition) is 3. The molecule has 2 aromatic carbocycles. The lowest BCUT2D eigenvalue weighted by molar-refractivity contribution is -0.928. The molecule has 3 atom stereocenters. The highest BCUT2D eigenvalue weighted by atomic mass is 16.5. The van der Waals surface area contributed by atoms with Crippen LogP contribution >= 0.6 is 0 Å². The largest absolute Gasteiger partial charge is 0.495 e. The Labute approximate surface area is 184 Å². The summed E-state index contributed by atoms with van der Waals surface area (Å²) in [5.41, 5.74) is 1.86. The first-order valence-corrected chi connectivity index (χ1v) is 11.3. The van der Waals surface area contributed by atoms with E-state index in [1.807, 2.05) is 12.1 Å². The van der Waals surface area contributed by atoms with Gasteiger partial charge in [0.2, 0.25) is 0 Å². The van der Waals surface area contributed by atoms with Gasteiger partial charge < -0.3 is 20.3 Å². The molecule has 2 amide bonds. The maximum absolute atomic E-state index is 12.7. The fraction of sp³-hybridized carbons (Fsp3) is 0.440. The minimum Gasteiger partial charge on any atom is -0.495 e. The number of methoxy groups -OCH3 is 1. The number of piperidine rings is 1. The van der Waals surface area contributed by atoms with Crippen LogP contribution in [0.3, 0.4) is 0 Å². The normalized spacial score (nSPS) is 22.8. The summed E-state index contributed by atoms with van der Waals surface area (Å²) in [6, 6.07) is 15.0. The van der Waals surface area contributed by atoms with Gasteiger partial charge in [0.25, 0.3) is 11.8 Å². The lowest BCUT2D eigenvalue weighted by Gasteiger charge is -2.40. The Bertz CT molecular complexity index is 910. The fourth-order valence-electron chi connectivity index (χ4n) is 5.15. The highest BCUT2D eigenvalue weighted by molar-refractivity contribution is 6.05. The van der Waals surface area contributed by atoms with E-state index in [2.05, 4.69) is 10.6 Å². The number of carbonyl (C=O) groups excluding carboxylic acids is 2. The Morgan fingerprint density at radius 3 is 2.52 bits per heavy atom. The molecular formula is C25H32N3O3+. The van der Waals surface area contributed by atoms with E-state index in [0.717, 1.165) is 18.2 Å². The van der Waals surface area contributed by atoms with Crippen LogP contribution in [0.2, 0.25) is 0 Å². The average molecular weight is 423 g/mol. The molecule has 1 saturated carbocycles. The van der Waals surface area contributed by atoms with Gasteiger partial charge in [0, 0.05) is 17.2 Å². The van der Waals surface area contributed by atoms with Gasteiger partial charge in [-0.3, -0.25) is 9.59 Å². The van der Waals surface area contributed by atoms with Crippen LogP contribution in [0, 0.1) is 5.92 Å². The topological polar surface area (TPSA) is 71.9 Å². The van der Waals surface area contributed by atoms with Crippen LogP contribution in [-0.2, 0) is 4.79 Å². The Hall–Kier alpha value is -2.86. The maximum atomic E-state index is 12.7. The summed E-state index contributed by atoms with van der Waals surface area (Å²) in [5, 5.41) is 5.87. The van der Waals surface area contributed by atoms with Crippen molar-refractivity contribution in [2.45, 2.75) is 44.6 Å². The Morgan fingerprint density at radius 1 is 0.968 bits per heavy atom. The van der Waals surface area contributed by atoms with Crippen LogP contribution < -0.4 is 20.3 Å². The molecule has 1 heterocycles. The molecule has 1 aliphatic heterocycles. The van der Waals surface area contributed by atoms with Crippen LogP contribution in [0.1, 0.15) is 48.9 Å². The van der Waals surface area contributed by atoms with Crippen molar-refractivity contribution >= 4 is 23.2 Å². The molecule has 1 unspecified atom stereocenters. The third-order valence-electron chi connectivity index (χ3n) is 6.68. The van der Waals surface area contributed by atoms with E-state index in [0.29, 0.717) is 29.6 Å². The number of ether oxygens (including phenoxy) is 1. The van der Waals surface area contributed by atoms with E-state index in [1.54, 1.807) is 43.5 Å². The number of likely N-dealkylation sites (tertiary alicyclic amines) is 1. The summed E-state index contributed by atoms with van der Waals surface area (Å²) < 4.78 is 5.28. The summed E-state index contributed by atoms with van der Waals surface area (Å²) in [7, 11) is 1.57. The quantitative estimate of drug-likeness (QED) is 0.670. The number of carbonyl (C=O) groups is 2. The summed E-state index contributed by atoms with van der Waals surface area (Å²) >= 11 is 0. The highest BCUT2D eigenvalue weighted by Gasteiger charge is 2.37. The van der Waals surface area contributed by atoms with Crippen LogP contribution in [0.4, 0.5) is 11.4 Å². The summed E-state index contributed by atoms with van der Waals surface area (Å²) in [4.78, 5) is 26.7. The molecule has 0 bridgehead atoms. The minimum absolute atomic E-state index is 0.0486. The lowest BCUT2D eigenvalue weighted by atomic mass is 9.78. The third-order valence-corrected chi connectivity index (χ3v) is 6.68. The van der Waals surface area contributed by atoms with E-state index in [9.17, 15) is 9.59 Å². The van der Waals surface area contributed by atoms with Crippen molar-refractivity contribution in [3.8, 4) is 5.75 Å². The second-order valence-corrected chi connectivity index (χ2v) is 8.66. The Kier molecular flexibility index (Phi) is 6.87. The van der Waals surface area contributed by atoms with Gasteiger partial charge in [-0.2, -0.15) is 0 Å². The molecular weight excluding hydrogens is 390 g/mol. The van der Waals surface area contributed by atoms with Crippen molar-refractivity contribution in [3.05, 3.63) is 54.1 Å². The number of para-hydroxylation sites is 2. The van der Waals surface area contributed by atoms with Crippen molar-refractivity contribution in [2.24, 2.45) is 5.92 Å². The molecule has 6 nitrogen and oxygen atoms in total. The minimum atomic E-state index is -0.219. The highest BCUT2D eigenvalue weighted by Crippen LogP contribution is 2.28. The molecule has 1 aliphatic carbocycles. The number of rotatable bonds is 6. The number of anilines is 2. The Balaban J connectivity index is 1.32. The van der Waals surface area contributed by atoms with E-state index in [-0.39, 0.29) is 11.8 Å². The van der Waals surface area contributed by atoms with Gasteiger partial charge in [0.1, 0.15) is 5.75 Å². The average Bonchev–Trinajstić information content (AvgIpc) is 2.80. The smallest absolute Gasteiger partial charge is 0.279 e. The molecule has 0 spiro atoms. The first-order chi connectivity index (χ1) is 15.1. The fourth-order valence-corrected chi connectivity index (χ4v) is 5.15. The molecule has 1 saturated heterocycles. The summed E-state index contributed by atoms with van der Waals surface area (Å²) in [6.07, 6.45) is 7.77. The second kappa shape index (κ2) is 9.96. The van der Waals surface area contributed by atoms with Gasteiger partial charge in [-0.25, -0.2) is 0 Å². The zero-order valence-corrected chi connectivity index (χ0v) is 18.2. The molecule has 3 N–H and O–H groups in total. The second-order valence-electron chi connectivity index (χ2n) is 8.66. The van der Waals surface area contributed by atoms with Gasteiger partial charge in [0.15, 0.2) is 6.54 Å². The van der Waals surface area contributed by atoms with Gasteiger partial charge in [0.05, 0.1) is 25.4 Å². The molecule has 0 radical (unpaired) electrons. The van der Waals surface area contributed by atoms with Gasteiger partial charge >= 0.3 is 0 Å². The first kappa shape index (κ1) is 21.4. The zero-order chi connectivity index (χ0) is 21.6. The maximum Gasteiger partial charge on any atom is 0.279 e.